The summed E-state index contributed by atoms with van der Waals surface area (Å²) in [5.74, 6) is -2.35. The van der Waals surface area contributed by atoms with Gasteiger partial charge in [-0.3, -0.25) is 14.4 Å². The van der Waals surface area contributed by atoms with Crippen molar-refractivity contribution in [2.75, 3.05) is 33.4 Å². The van der Waals surface area contributed by atoms with Gasteiger partial charge >= 0.3 is 12.1 Å². The smallest absolute Gasteiger partial charge is 0.414 e. The summed E-state index contributed by atoms with van der Waals surface area (Å²) in [5.41, 5.74) is 0.134. The molecule has 212 valence electrons. The van der Waals surface area contributed by atoms with Crippen molar-refractivity contribution in [3.8, 4) is 11.6 Å². The van der Waals surface area contributed by atoms with E-state index in [1.165, 1.54) is 31.4 Å². The van der Waals surface area contributed by atoms with Gasteiger partial charge in [-0.05, 0) is 44.0 Å². The van der Waals surface area contributed by atoms with E-state index in [-0.39, 0.29) is 34.6 Å². The van der Waals surface area contributed by atoms with Gasteiger partial charge in [-0.2, -0.15) is 0 Å². The molecule has 0 saturated carbocycles. The molecule has 0 aliphatic carbocycles. The molecule has 14 heteroatoms. The first kappa shape index (κ1) is 31.0. The number of sulfonamides is 1. The van der Waals surface area contributed by atoms with Crippen molar-refractivity contribution in [1.29, 1.82) is 0 Å². The van der Waals surface area contributed by atoms with Crippen molar-refractivity contribution in [3.63, 3.8) is 0 Å². The van der Waals surface area contributed by atoms with Crippen LogP contribution in [0.5, 0.6) is 11.6 Å². The van der Waals surface area contributed by atoms with Crippen molar-refractivity contribution in [1.82, 2.24) is 19.9 Å². The van der Waals surface area contributed by atoms with Crippen LogP contribution in [0, 0.1) is 0 Å². The molecule has 1 aromatic heterocycles. The molecule has 0 radical (unpaired) electrons. The number of hydrogen-bond acceptors (Lipinski definition) is 10. The predicted octanol–water partition coefficient (Wildman–Crippen LogP) is 2.12. The molecule has 1 aromatic carbocycles. The topological polar surface area (TPSA) is 170 Å². The maximum atomic E-state index is 12.8. The standard InChI is InChI=1S/C25H32N4O9S/c1-5-12-29(13-6-2)24(32)17-8-10-19(11-9-17)39(34,35)28-22(31)18-14-20(36-4)23(26-15-18)38-25(33)27-16-21(30)37-7-3/h8-11,14-15H,5-7,12-13,16H2,1-4H3,(H,27,33)(H,28,31). The van der Waals surface area contributed by atoms with Gasteiger partial charge in [0.25, 0.3) is 27.7 Å². The second kappa shape index (κ2) is 14.7. The third-order valence-corrected chi connectivity index (χ3v) is 6.43. The monoisotopic (exact) mass is 564 g/mol. The lowest BCUT2D eigenvalue weighted by atomic mass is 10.2. The van der Waals surface area contributed by atoms with Crippen LogP contribution in [0.4, 0.5) is 4.79 Å². The fourth-order valence-electron chi connectivity index (χ4n) is 3.31. The molecule has 0 bridgehead atoms. The number of nitrogens with one attached hydrogen (secondary N) is 2. The van der Waals surface area contributed by atoms with E-state index in [0.29, 0.717) is 18.7 Å². The highest BCUT2D eigenvalue weighted by Crippen LogP contribution is 2.25. The fourth-order valence-corrected chi connectivity index (χ4v) is 4.29. The summed E-state index contributed by atoms with van der Waals surface area (Å²) in [7, 11) is -3.07. The van der Waals surface area contributed by atoms with Crippen LogP contribution in [0.2, 0.25) is 0 Å². The van der Waals surface area contributed by atoms with Gasteiger partial charge in [-0.15, -0.1) is 0 Å². The Morgan fingerprint density at radius 2 is 1.62 bits per heavy atom. The Hall–Kier alpha value is -4.20. The van der Waals surface area contributed by atoms with E-state index in [9.17, 15) is 27.6 Å². The lowest BCUT2D eigenvalue weighted by molar-refractivity contribution is -0.141. The number of methoxy groups -OCH3 is 1. The second-order valence-corrected chi connectivity index (χ2v) is 9.71. The van der Waals surface area contributed by atoms with E-state index in [0.717, 1.165) is 25.1 Å². The number of aromatic nitrogens is 1. The highest BCUT2D eigenvalue weighted by atomic mass is 32.2. The van der Waals surface area contributed by atoms with Gasteiger partial charge in [0.05, 0.1) is 24.2 Å². The molecular weight excluding hydrogens is 532 g/mol. The van der Waals surface area contributed by atoms with Crippen molar-refractivity contribution in [3.05, 3.63) is 47.7 Å². The zero-order valence-corrected chi connectivity index (χ0v) is 23.0. The summed E-state index contributed by atoms with van der Waals surface area (Å²) in [6.07, 6.45) is 1.54. The number of benzene rings is 1. The van der Waals surface area contributed by atoms with Crippen LogP contribution in [-0.2, 0) is 19.6 Å². The van der Waals surface area contributed by atoms with Crippen molar-refractivity contribution >= 4 is 33.9 Å². The molecule has 13 nitrogen and oxygen atoms in total. The average Bonchev–Trinajstić information content (AvgIpc) is 2.91. The number of nitrogens with zero attached hydrogens (tertiary/aromatic N) is 2. The number of hydrogen-bond donors (Lipinski definition) is 2. The Morgan fingerprint density at radius 1 is 0.974 bits per heavy atom. The molecule has 0 saturated heterocycles. The number of carbonyl (C=O) groups excluding carboxylic acids is 4. The lowest BCUT2D eigenvalue weighted by Crippen LogP contribution is -2.33. The van der Waals surface area contributed by atoms with Crippen LogP contribution in [0.3, 0.4) is 0 Å². The summed E-state index contributed by atoms with van der Waals surface area (Å²) in [4.78, 5) is 53.9. The van der Waals surface area contributed by atoms with Crippen LogP contribution in [0.15, 0.2) is 41.4 Å². The quantitative estimate of drug-likeness (QED) is 0.344. The molecule has 2 rings (SSSR count). The Morgan fingerprint density at radius 3 is 2.18 bits per heavy atom. The highest BCUT2D eigenvalue weighted by Gasteiger charge is 2.22. The van der Waals surface area contributed by atoms with Crippen molar-refractivity contribution in [2.24, 2.45) is 0 Å². The third kappa shape index (κ3) is 8.95. The van der Waals surface area contributed by atoms with E-state index >= 15 is 0 Å². The number of esters is 1. The molecule has 3 amide bonds. The number of carbonyl (C=O) groups is 4. The average molecular weight is 565 g/mol. The van der Waals surface area contributed by atoms with Crippen molar-refractivity contribution in [2.45, 2.75) is 38.5 Å². The van der Waals surface area contributed by atoms with E-state index in [1.807, 2.05) is 18.6 Å². The number of ether oxygens (including phenoxy) is 3. The molecule has 2 aromatic rings. The van der Waals surface area contributed by atoms with Gasteiger partial charge in [0, 0.05) is 30.9 Å². The largest absolute Gasteiger partial charge is 0.491 e. The minimum absolute atomic E-state index is 0.141. The van der Waals surface area contributed by atoms with E-state index in [1.54, 1.807) is 11.8 Å². The van der Waals surface area contributed by atoms with Crippen molar-refractivity contribution < 1.29 is 41.8 Å². The van der Waals surface area contributed by atoms with Gasteiger partial charge < -0.3 is 24.4 Å². The molecular formula is C25H32N4O9S. The maximum absolute atomic E-state index is 12.8. The first-order chi connectivity index (χ1) is 18.6. The van der Waals surface area contributed by atoms with Crippen LogP contribution >= 0.6 is 0 Å². The summed E-state index contributed by atoms with van der Waals surface area (Å²) in [5, 5.41) is 2.17. The number of amides is 3. The number of pyridine rings is 1. The van der Waals surface area contributed by atoms with E-state index in [2.05, 4.69) is 15.0 Å². The molecule has 1 heterocycles. The Balaban J connectivity index is 2.11. The Kier molecular flexibility index (Phi) is 11.7. The molecule has 39 heavy (non-hydrogen) atoms. The molecule has 0 fully saturated rings. The third-order valence-electron chi connectivity index (χ3n) is 5.09. The summed E-state index contributed by atoms with van der Waals surface area (Å²) in [6.45, 7) is 6.42. The van der Waals surface area contributed by atoms with Crippen LogP contribution in [0.1, 0.15) is 54.3 Å². The molecule has 0 atom stereocenters. The molecule has 0 aliphatic rings. The Bertz CT molecular complexity index is 1270. The minimum Gasteiger partial charge on any atom is -0.491 e. The Labute approximate surface area is 226 Å². The normalized spacial score (nSPS) is 10.8. The van der Waals surface area contributed by atoms with Gasteiger partial charge in [-0.1, -0.05) is 13.8 Å². The predicted molar refractivity (Wildman–Crippen MR) is 139 cm³/mol. The van der Waals surface area contributed by atoms with Gasteiger partial charge in [-0.25, -0.2) is 22.9 Å². The fraction of sp³-hybridized carbons (Fsp3) is 0.400. The zero-order chi connectivity index (χ0) is 29.0. The highest BCUT2D eigenvalue weighted by molar-refractivity contribution is 7.90. The summed E-state index contributed by atoms with van der Waals surface area (Å²) >= 11 is 0. The zero-order valence-electron chi connectivity index (χ0n) is 22.2. The second-order valence-electron chi connectivity index (χ2n) is 8.03. The summed E-state index contributed by atoms with van der Waals surface area (Å²) in [6, 6.07) is 6.39. The minimum atomic E-state index is -4.29. The lowest BCUT2D eigenvalue weighted by Gasteiger charge is -2.21. The van der Waals surface area contributed by atoms with Gasteiger partial charge in [0.2, 0.25) is 0 Å². The van der Waals surface area contributed by atoms with Gasteiger partial charge in [0.15, 0.2) is 5.75 Å². The maximum Gasteiger partial charge on any atom is 0.414 e. The first-order valence-electron chi connectivity index (χ1n) is 12.2. The molecule has 0 spiro atoms. The van der Waals surface area contributed by atoms with Crippen LogP contribution in [-0.4, -0.2) is 75.5 Å². The SMILES string of the molecule is CCCN(CCC)C(=O)c1ccc(S(=O)(=O)NC(=O)c2cnc(OC(=O)NCC(=O)OCC)c(OC)c2)cc1. The number of rotatable bonds is 13. The molecule has 0 unspecified atom stereocenters. The van der Waals surface area contributed by atoms with Crippen LogP contribution in [0.25, 0.3) is 0 Å². The van der Waals surface area contributed by atoms with Gasteiger partial charge in [0.1, 0.15) is 6.54 Å². The van der Waals surface area contributed by atoms with E-state index in [4.69, 9.17) is 9.47 Å². The first-order valence-corrected chi connectivity index (χ1v) is 13.7. The molecule has 0 aliphatic heterocycles. The summed E-state index contributed by atoms with van der Waals surface area (Å²) < 4.78 is 42.2. The van der Waals surface area contributed by atoms with Crippen LogP contribution < -0.4 is 19.5 Å². The van der Waals surface area contributed by atoms with E-state index < -0.39 is 34.5 Å². The molecule has 2 N–H and O–H groups in total.